The van der Waals surface area contributed by atoms with Gasteiger partial charge >= 0.3 is 0 Å². The Morgan fingerprint density at radius 3 is 2.12 bits per heavy atom. The van der Waals surface area contributed by atoms with Crippen LogP contribution in [0.4, 0.5) is 0 Å². The van der Waals surface area contributed by atoms with Gasteiger partial charge in [0, 0.05) is 49.5 Å². The lowest BCUT2D eigenvalue weighted by atomic mass is 9.62. The van der Waals surface area contributed by atoms with E-state index in [4.69, 9.17) is 0 Å². The lowest BCUT2D eigenvalue weighted by Crippen LogP contribution is -2.48. The van der Waals surface area contributed by atoms with Crippen LogP contribution in [0.5, 0.6) is 0 Å². The fourth-order valence-corrected chi connectivity index (χ4v) is 5.37. The Morgan fingerprint density at radius 2 is 1.59 bits per heavy atom. The summed E-state index contributed by atoms with van der Waals surface area (Å²) in [6.07, 6.45) is 5.38. The number of aryl methyl sites for hydroxylation is 2. The molecule has 1 saturated heterocycles. The summed E-state index contributed by atoms with van der Waals surface area (Å²) in [4.78, 5) is 45.1. The second-order valence-electron chi connectivity index (χ2n) is 9.15. The second-order valence-corrected chi connectivity index (χ2v) is 9.15. The summed E-state index contributed by atoms with van der Waals surface area (Å²) in [5.74, 6) is 5.28. The van der Waals surface area contributed by atoms with Crippen LogP contribution in [0.2, 0.25) is 0 Å². The van der Waals surface area contributed by atoms with Crippen LogP contribution in [0, 0.1) is 31.1 Å². The third-order valence-electron chi connectivity index (χ3n) is 6.93. The first-order valence-electron chi connectivity index (χ1n) is 11.1. The van der Waals surface area contributed by atoms with E-state index in [0.717, 1.165) is 22.3 Å². The van der Waals surface area contributed by atoms with Crippen molar-refractivity contribution in [3.8, 4) is 11.8 Å². The molecule has 0 unspecified atom stereocenters. The van der Waals surface area contributed by atoms with Crippen LogP contribution in [0.15, 0.2) is 36.7 Å². The van der Waals surface area contributed by atoms with Gasteiger partial charge in [0.2, 0.25) is 0 Å². The number of amides is 1. The smallest absolute Gasteiger partial charge is 0.253 e. The highest BCUT2D eigenvalue weighted by Gasteiger charge is 2.47. The van der Waals surface area contributed by atoms with Crippen LogP contribution in [0.25, 0.3) is 0 Å². The van der Waals surface area contributed by atoms with E-state index in [-0.39, 0.29) is 22.9 Å². The number of Topliss-reactive ketones (excluding diaryl/α,β-unsaturated/α-hetero) is 2. The van der Waals surface area contributed by atoms with Crippen molar-refractivity contribution in [2.45, 2.75) is 52.4 Å². The Kier molecular flexibility index (Phi) is 5.97. The van der Waals surface area contributed by atoms with Crippen molar-refractivity contribution >= 4 is 17.5 Å². The third-order valence-corrected chi connectivity index (χ3v) is 6.93. The Hall–Kier alpha value is -3.26. The van der Waals surface area contributed by atoms with Gasteiger partial charge in [-0.15, -0.1) is 5.92 Å². The molecular weight excluding hydrogens is 400 g/mol. The van der Waals surface area contributed by atoms with E-state index in [1.54, 1.807) is 31.5 Å². The van der Waals surface area contributed by atoms with Crippen LogP contribution in [0.3, 0.4) is 0 Å². The summed E-state index contributed by atoms with van der Waals surface area (Å²) in [7, 11) is 0. The van der Waals surface area contributed by atoms with Gasteiger partial charge in [0.05, 0.1) is 0 Å². The molecule has 5 heteroatoms. The number of hydrogen-bond donors (Lipinski definition) is 0. The first kappa shape index (κ1) is 22.0. The number of carbonyl (C=O) groups is 3. The minimum absolute atomic E-state index is 0.00989. The molecule has 1 aliphatic carbocycles. The average Bonchev–Trinajstić information content (AvgIpc) is 2.76. The average molecular weight is 429 g/mol. The van der Waals surface area contributed by atoms with E-state index in [2.05, 4.69) is 16.8 Å². The molecule has 1 spiro atoms. The molecule has 0 atom stereocenters. The van der Waals surface area contributed by atoms with Gasteiger partial charge in [-0.2, -0.15) is 0 Å². The van der Waals surface area contributed by atoms with E-state index < -0.39 is 5.92 Å². The van der Waals surface area contributed by atoms with Gasteiger partial charge in [-0.25, -0.2) is 0 Å². The molecule has 1 saturated carbocycles. The molecule has 4 rings (SSSR count). The summed E-state index contributed by atoms with van der Waals surface area (Å²) in [6, 6.07) is 7.36. The third kappa shape index (κ3) is 4.10. The zero-order valence-corrected chi connectivity index (χ0v) is 18.9. The largest absolute Gasteiger partial charge is 0.339 e. The fourth-order valence-electron chi connectivity index (χ4n) is 5.37. The van der Waals surface area contributed by atoms with Crippen LogP contribution in [-0.2, 0) is 9.59 Å². The molecule has 2 fully saturated rings. The maximum Gasteiger partial charge on any atom is 0.253 e. The van der Waals surface area contributed by atoms with Crippen LogP contribution < -0.4 is 0 Å². The number of benzene rings is 1. The molecule has 32 heavy (non-hydrogen) atoms. The van der Waals surface area contributed by atoms with Gasteiger partial charge in [-0.05, 0) is 80.0 Å². The Balaban J connectivity index is 1.49. The normalized spacial score (nSPS) is 18.4. The van der Waals surface area contributed by atoms with Gasteiger partial charge in [-0.1, -0.05) is 5.92 Å². The summed E-state index contributed by atoms with van der Waals surface area (Å²) in [5.41, 5.74) is 3.95. The zero-order chi connectivity index (χ0) is 22.9. The first-order valence-corrected chi connectivity index (χ1v) is 11.1. The van der Waals surface area contributed by atoms with Crippen molar-refractivity contribution in [1.82, 2.24) is 9.88 Å². The minimum atomic E-state index is -0.680. The van der Waals surface area contributed by atoms with E-state index in [1.165, 1.54) is 0 Å². The van der Waals surface area contributed by atoms with Gasteiger partial charge in [0.15, 0.2) is 0 Å². The predicted octanol–water partition coefficient (Wildman–Crippen LogP) is 4.01. The molecule has 0 bridgehead atoms. The number of piperidine rings is 1. The van der Waals surface area contributed by atoms with Crippen LogP contribution in [0.1, 0.15) is 71.1 Å². The lowest BCUT2D eigenvalue weighted by Gasteiger charge is -2.44. The zero-order valence-electron chi connectivity index (χ0n) is 18.9. The van der Waals surface area contributed by atoms with Crippen molar-refractivity contribution in [3.05, 3.63) is 64.5 Å². The molecule has 1 aromatic heterocycles. The highest BCUT2D eigenvalue weighted by molar-refractivity contribution is 6.10. The monoisotopic (exact) mass is 428 g/mol. The number of aromatic nitrogens is 1. The molecule has 2 heterocycles. The molecule has 5 nitrogen and oxygen atoms in total. The number of likely N-dealkylation sites (tertiary alicyclic amines) is 1. The van der Waals surface area contributed by atoms with E-state index in [0.29, 0.717) is 44.3 Å². The SMILES string of the molecule is CC#Cc1cc(C)c(C2C(=O)CC3(CCN(C(=O)c4ccncc4)CC3)CC2=O)c(C)c1. The fraction of sp³-hybridized carbons (Fsp3) is 0.407. The second kappa shape index (κ2) is 8.70. The molecule has 0 radical (unpaired) electrons. The molecule has 1 aliphatic heterocycles. The quantitative estimate of drug-likeness (QED) is 0.535. The van der Waals surface area contributed by atoms with Crippen molar-refractivity contribution in [1.29, 1.82) is 0 Å². The van der Waals surface area contributed by atoms with E-state index in [1.807, 2.05) is 30.9 Å². The standard InChI is InChI=1S/C27H28N2O3/c1-4-5-20-14-18(2)24(19(3)15-20)25-22(30)16-27(17-23(25)31)8-12-29(13-9-27)26(32)21-6-10-28-11-7-21/h6-7,10-11,14-15,25H,8-9,12-13,16-17H2,1-3H3. The summed E-state index contributed by atoms with van der Waals surface area (Å²) in [5, 5.41) is 0. The van der Waals surface area contributed by atoms with Gasteiger partial charge in [-0.3, -0.25) is 19.4 Å². The number of pyridine rings is 1. The summed E-state index contributed by atoms with van der Waals surface area (Å²) in [6.45, 7) is 6.83. The molecule has 164 valence electrons. The van der Waals surface area contributed by atoms with Crippen molar-refractivity contribution in [2.24, 2.45) is 5.41 Å². The number of hydrogen-bond acceptors (Lipinski definition) is 4. The van der Waals surface area contributed by atoms with Crippen molar-refractivity contribution in [2.75, 3.05) is 13.1 Å². The van der Waals surface area contributed by atoms with E-state index in [9.17, 15) is 14.4 Å². The Bertz CT molecular complexity index is 1090. The van der Waals surface area contributed by atoms with E-state index >= 15 is 0 Å². The van der Waals surface area contributed by atoms with Crippen LogP contribution in [-0.4, -0.2) is 40.4 Å². The number of ketones is 2. The highest BCUT2D eigenvalue weighted by atomic mass is 16.2. The summed E-state index contributed by atoms with van der Waals surface area (Å²) < 4.78 is 0. The lowest BCUT2D eigenvalue weighted by molar-refractivity contribution is -0.138. The number of carbonyl (C=O) groups excluding carboxylic acids is 3. The Labute approximate surface area is 189 Å². The molecule has 1 amide bonds. The first-order chi connectivity index (χ1) is 15.3. The maximum absolute atomic E-state index is 13.3. The predicted molar refractivity (Wildman–Crippen MR) is 122 cm³/mol. The van der Waals surface area contributed by atoms with Crippen molar-refractivity contribution < 1.29 is 14.4 Å². The maximum atomic E-state index is 13.3. The number of rotatable bonds is 2. The molecule has 1 aromatic carbocycles. The van der Waals surface area contributed by atoms with Crippen LogP contribution >= 0.6 is 0 Å². The van der Waals surface area contributed by atoms with Gasteiger partial charge in [0.1, 0.15) is 17.5 Å². The number of nitrogens with zero attached hydrogens (tertiary/aromatic N) is 2. The molecule has 0 N–H and O–H groups in total. The minimum Gasteiger partial charge on any atom is -0.339 e. The molecule has 2 aromatic rings. The van der Waals surface area contributed by atoms with Crippen molar-refractivity contribution in [3.63, 3.8) is 0 Å². The topological polar surface area (TPSA) is 67.3 Å². The van der Waals surface area contributed by atoms with Gasteiger partial charge < -0.3 is 4.90 Å². The molecule has 2 aliphatic rings. The highest BCUT2D eigenvalue weighted by Crippen LogP contribution is 2.46. The Morgan fingerprint density at radius 1 is 1.03 bits per heavy atom. The van der Waals surface area contributed by atoms with Gasteiger partial charge in [0.25, 0.3) is 5.91 Å². The molecular formula is C27H28N2O3. The summed E-state index contributed by atoms with van der Waals surface area (Å²) >= 11 is 0.